The van der Waals surface area contributed by atoms with E-state index in [1.165, 1.54) is 6.42 Å². The van der Waals surface area contributed by atoms with Crippen molar-refractivity contribution < 1.29 is 9.59 Å². The number of benzene rings is 1. The Labute approximate surface area is 142 Å². The Morgan fingerprint density at radius 1 is 1.00 bits per heavy atom. The van der Waals surface area contributed by atoms with E-state index in [2.05, 4.69) is 15.8 Å². The van der Waals surface area contributed by atoms with Crippen molar-refractivity contribution in [2.75, 3.05) is 5.32 Å². The molecule has 128 valence electrons. The minimum Gasteiger partial charge on any atom is -0.326 e. The van der Waals surface area contributed by atoms with E-state index in [1.54, 1.807) is 0 Å². The van der Waals surface area contributed by atoms with Crippen molar-refractivity contribution in [1.29, 1.82) is 0 Å². The van der Waals surface area contributed by atoms with Crippen LogP contribution in [0.15, 0.2) is 29.4 Å². The van der Waals surface area contributed by atoms with Gasteiger partial charge in [0.2, 0.25) is 11.8 Å². The Balaban J connectivity index is 1.61. The molecule has 5 heteroatoms. The van der Waals surface area contributed by atoms with Crippen LogP contribution < -0.4 is 10.7 Å². The van der Waals surface area contributed by atoms with Crippen molar-refractivity contribution in [3.63, 3.8) is 0 Å². The third-order valence-corrected chi connectivity index (χ3v) is 4.81. The Morgan fingerprint density at radius 2 is 1.71 bits per heavy atom. The molecule has 2 fully saturated rings. The zero-order chi connectivity index (χ0) is 16.9. The highest BCUT2D eigenvalue weighted by atomic mass is 16.2. The van der Waals surface area contributed by atoms with E-state index in [1.807, 2.05) is 31.2 Å². The van der Waals surface area contributed by atoms with E-state index in [0.717, 1.165) is 55.5 Å². The molecule has 0 heterocycles. The van der Waals surface area contributed by atoms with Gasteiger partial charge in [0.05, 0.1) is 5.71 Å². The first-order chi connectivity index (χ1) is 11.6. The number of anilines is 1. The van der Waals surface area contributed by atoms with Crippen molar-refractivity contribution >= 4 is 23.2 Å². The summed E-state index contributed by atoms with van der Waals surface area (Å²) in [5.41, 5.74) is 5.03. The van der Waals surface area contributed by atoms with Gasteiger partial charge in [0.25, 0.3) is 0 Å². The summed E-state index contributed by atoms with van der Waals surface area (Å²) < 4.78 is 0. The maximum absolute atomic E-state index is 12.3. The van der Waals surface area contributed by atoms with E-state index < -0.39 is 0 Å². The van der Waals surface area contributed by atoms with Crippen molar-refractivity contribution in [3.05, 3.63) is 29.8 Å². The number of nitrogens with zero attached hydrogens (tertiary/aromatic N) is 1. The second kappa shape index (κ2) is 7.60. The normalized spacial score (nSPS) is 19.0. The molecule has 0 bridgehead atoms. The number of hydrogen-bond acceptors (Lipinski definition) is 3. The number of rotatable bonds is 5. The highest BCUT2D eigenvalue weighted by molar-refractivity contribution is 6.01. The first-order valence-corrected chi connectivity index (χ1v) is 8.89. The van der Waals surface area contributed by atoms with Crippen LogP contribution in [0, 0.1) is 11.8 Å². The molecule has 24 heavy (non-hydrogen) atoms. The Hall–Kier alpha value is -2.17. The molecule has 5 nitrogen and oxygen atoms in total. The molecule has 2 N–H and O–H groups in total. The van der Waals surface area contributed by atoms with Gasteiger partial charge in [-0.25, -0.2) is 5.43 Å². The molecule has 0 radical (unpaired) electrons. The van der Waals surface area contributed by atoms with Crippen molar-refractivity contribution in [2.45, 2.75) is 51.9 Å². The van der Waals surface area contributed by atoms with Gasteiger partial charge in [-0.05, 0) is 50.3 Å². The largest absolute Gasteiger partial charge is 0.326 e. The van der Waals surface area contributed by atoms with Gasteiger partial charge in [0.15, 0.2) is 0 Å². The highest BCUT2D eigenvalue weighted by Gasteiger charge is 2.29. The summed E-state index contributed by atoms with van der Waals surface area (Å²) in [5.74, 6) is 0.386. The fraction of sp³-hybridized carbons (Fsp3) is 0.526. The molecule has 2 aliphatic rings. The van der Waals surface area contributed by atoms with E-state index in [9.17, 15) is 9.59 Å². The molecule has 2 aliphatic carbocycles. The summed E-state index contributed by atoms with van der Waals surface area (Å²) >= 11 is 0. The van der Waals surface area contributed by atoms with Crippen LogP contribution >= 0.6 is 0 Å². The van der Waals surface area contributed by atoms with Gasteiger partial charge in [0.1, 0.15) is 0 Å². The molecular formula is C19H25N3O2. The van der Waals surface area contributed by atoms with E-state index in [4.69, 9.17) is 0 Å². The molecule has 2 amide bonds. The fourth-order valence-corrected chi connectivity index (χ4v) is 3.07. The Morgan fingerprint density at radius 3 is 2.42 bits per heavy atom. The maximum Gasteiger partial charge on any atom is 0.243 e. The monoisotopic (exact) mass is 327 g/mol. The number of carbonyl (C=O) groups excluding carboxylic acids is 2. The molecule has 3 rings (SSSR count). The zero-order valence-electron chi connectivity index (χ0n) is 14.2. The molecule has 0 aromatic heterocycles. The first-order valence-electron chi connectivity index (χ1n) is 8.89. The predicted octanol–water partition coefficient (Wildman–Crippen LogP) is 3.46. The topological polar surface area (TPSA) is 70.6 Å². The smallest absolute Gasteiger partial charge is 0.243 e. The molecular weight excluding hydrogens is 302 g/mol. The number of nitrogens with one attached hydrogen (secondary N) is 2. The summed E-state index contributed by atoms with van der Waals surface area (Å²) in [6.07, 6.45) is 7.42. The summed E-state index contributed by atoms with van der Waals surface area (Å²) in [6.45, 7) is 1.86. The number of hydrogen-bond donors (Lipinski definition) is 2. The molecule has 0 saturated heterocycles. The van der Waals surface area contributed by atoms with Gasteiger partial charge in [-0.15, -0.1) is 0 Å². The maximum atomic E-state index is 12.3. The van der Waals surface area contributed by atoms with Gasteiger partial charge >= 0.3 is 0 Å². The molecule has 0 aliphatic heterocycles. The van der Waals surface area contributed by atoms with Gasteiger partial charge < -0.3 is 5.32 Å². The fourth-order valence-electron chi connectivity index (χ4n) is 3.07. The van der Waals surface area contributed by atoms with Crippen LogP contribution in [0.2, 0.25) is 0 Å². The Kier molecular flexibility index (Phi) is 5.28. The van der Waals surface area contributed by atoms with Gasteiger partial charge in [-0.2, -0.15) is 5.10 Å². The standard InChI is InChI=1S/C19H25N3O2/c1-13(21-22-19(24)15-10-11-15)16-8-5-9-17(12-16)20-18(23)14-6-3-2-4-7-14/h5,8-9,12,14-15H,2-4,6-7,10-11H2,1H3,(H,20,23)(H,22,24)/b21-13+. The van der Waals surface area contributed by atoms with Crippen LogP contribution in [0.4, 0.5) is 5.69 Å². The number of amides is 2. The molecule has 0 unspecified atom stereocenters. The summed E-state index contributed by atoms with van der Waals surface area (Å²) in [5, 5.41) is 7.19. The van der Waals surface area contributed by atoms with Crippen LogP contribution in [0.3, 0.4) is 0 Å². The second-order valence-electron chi connectivity index (χ2n) is 6.85. The molecule has 2 saturated carbocycles. The molecule has 0 spiro atoms. The molecule has 0 atom stereocenters. The minimum atomic E-state index is -0.00361. The second-order valence-corrected chi connectivity index (χ2v) is 6.85. The summed E-state index contributed by atoms with van der Waals surface area (Å²) in [6, 6.07) is 7.62. The molecule has 1 aromatic carbocycles. The molecule has 1 aromatic rings. The van der Waals surface area contributed by atoms with Gasteiger partial charge in [-0.3, -0.25) is 9.59 Å². The van der Waals surface area contributed by atoms with Crippen LogP contribution in [-0.2, 0) is 9.59 Å². The lowest BCUT2D eigenvalue weighted by molar-refractivity contribution is -0.122. The lowest BCUT2D eigenvalue weighted by Gasteiger charge is -2.20. The van der Waals surface area contributed by atoms with Crippen LogP contribution in [0.1, 0.15) is 57.4 Å². The van der Waals surface area contributed by atoms with E-state index >= 15 is 0 Å². The average molecular weight is 327 g/mol. The third kappa shape index (κ3) is 4.43. The summed E-state index contributed by atoms with van der Waals surface area (Å²) in [4.78, 5) is 24.0. The van der Waals surface area contributed by atoms with Crippen LogP contribution in [0.5, 0.6) is 0 Å². The predicted molar refractivity (Wildman–Crippen MR) is 94.7 cm³/mol. The lowest BCUT2D eigenvalue weighted by Crippen LogP contribution is -2.24. The lowest BCUT2D eigenvalue weighted by atomic mass is 9.88. The van der Waals surface area contributed by atoms with Crippen molar-refractivity contribution in [3.8, 4) is 0 Å². The van der Waals surface area contributed by atoms with E-state index in [0.29, 0.717) is 0 Å². The Bertz CT molecular complexity index is 644. The highest BCUT2D eigenvalue weighted by Crippen LogP contribution is 2.28. The number of carbonyl (C=O) groups is 2. The average Bonchev–Trinajstić information content (AvgIpc) is 3.45. The SMILES string of the molecule is C/C(=N\NC(=O)C1CC1)c1cccc(NC(=O)C2CCCCC2)c1. The third-order valence-electron chi connectivity index (χ3n) is 4.81. The van der Waals surface area contributed by atoms with Crippen LogP contribution in [-0.4, -0.2) is 17.5 Å². The van der Waals surface area contributed by atoms with Crippen molar-refractivity contribution in [2.24, 2.45) is 16.9 Å². The number of hydrazone groups is 1. The van der Waals surface area contributed by atoms with Crippen LogP contribution in [0.25, 0.3) is 0 Å². The van der Waals surface area contributed by atoms with E-state index in [-0.39, 0.29) is 23.7 Å². The summed E-state index contributed by atoms with van der Waals surface area (Å²) in [7, 11) is 0. The van der Waals surface area contributed by atoms with Gasteiger partial charge in [-0.1, -0.05) is 31.4 Å². The quantitative estimate of drug-likeness (QED) is 0.642. The first kappa shape index (κ1) is 16.7. The zero-order valence-corrected chi connectivity index (χ0v) is 14.2. The minimum absolute atomic E-state index is 0.00361. The van der Waals surface area contributed by atoms with Crippen molar-refractivity contribution in [1.82, 2.24) is 5.43 Å². The van der Waals surface area contributed by atoms with Gasteiger partial charge in [0, 0.05) is 17.5 Å².